The van der Waals surface area contributed by atoms with Gasteiger partial charge in [0.2, 0.25) is 5.91 Å². The van der Waals surface area contributed by atoms with E-state index >= 15 is 0 Å². The first-order chi connectivity index (χ1) is 10.1. The second-order valence-electron chi connectivity index (χ2n) is 4.97. The zero-order valence-corrected chi connectivity index (χ0v) is 12.5. The molecular weight excluding hydrogens is 288 g/mol. The highest BCUT2D eigenvalue weighted by molar-refractivity contribution is 7.10. The van der Waals surface area contributed by atoms with Crippen molar-refractivity contribution in [1.82, 2.24) is 4.90 Å². The number of rotatable bonds is 3. The van der Waals surface area contributed by atoms with Gasteiger partial charge in [-0.2, -0.15) is 0 Å². The predicted molar refractivity (Wildman–Crippen MR) is 80.7 cm³/mol. The summed E-state index contributed by atoms with van der Waals surface area (Å²) in [4.78, 5) is 26.1. The molecule has 3 N–H and O–H groups in total. The van der Waals surface area contributed by atoms with Crippen molar-refractivity contribution < 1.29 is 14.7 Å². The van der Waals surface area contributed by atoms with E-state index < -0.39 is 0 Å². The molecule has 1 aromatic rings. The molecule has 1 fully saturated rings. The summed E-state index contributed by atoms with van der Waals surface area (Å²) in [6, 6.07) is 1.76. The minimum absolute atomic E-state index is 0.0342. The molecule has 6 heteroatoms. The average Bonchev–Trinajstić information content (AvgIpc) is 2.96. The minimum Gasteiger partial charge on any atom is -0.395 e. The molecule has 0 aliphatic carbocycles. The number of piperidine rings is 1. The van der Waals surface area contributed by atoms with Crippen molar-refractivity contribution >= 4 is 23.2 Å². The van der Waals surface area contributed by atoms with Gasteiger partial charge in [0.15, 0.2) is 0 Å². The Kier molecular flexibility index (Phi) is 5.37. The fourth-order valence-electron chi connectivity index (χ4n) is 2.30. The molecule has 5 nitrogen and oxygen atoms in total. The third-order valence-electron chi connectivity index (χ3n) is 3.41. The molecule has 0 aromatic carbocycles. The van der Waals surface area contributed by atoms with E-state index in [0.29, 0.717) is 25.1 Å². The van der Waals surface area contributed by atoms with Crippen molar-refractivity contribution in [2.45, 2.75) is 19.3 Å². The summed E-state index contributed by atoms with van der Waals surface area (Å²) >= 11 is 1.41. The molecule has 1 saturated heterocycles. The van der Waals surface area contributed by atoms with E-state index in [4.69, 9.17) is 10.8 Å². The Morgan fingerprint density at radius 2 is 2.33 bits per heavy atom. The van der Waals surface area contributed by atoms with E-state index in [-0.39, 0.29) is 24.3 Å². The number of aliphatic hydroxyl groups excluding tert-OH is 1. The number of nitrogens with two attached hydrogens (primary N) is 1. The Morgan fingerprint density at radius 3 is 3.05 bits per heavy atom. The summed E-state index contributed by atoms with van der Waals surface area (Å²) in [6.45, 7) is 1.09. The smallest absolute Gasteiger partial charge is 0.254 e. The zero-order valence-electron chi connectivity index (χ0n) is 11.7. The first-order valence-corrected chi connectivity index (χ1v) is 7.76. The first-order valence-electron chi connectivity index (χ1n) is 6.88. The van der Waals surface area contributed by atoms with Gasteiger partial charge in [0.25, 0.3) is 5.91 Å². The SMILES string of the molecule is NC(=O)C1CCCN(C(=O)c2csc(C#CCCO)c2)C1. The molecule has 1 unspecified atom stereocenters. The second-order valence-corrected chi connectivity index (χ2v) is 5.88. The van der Waals surface area contributed by atoms with Gasteiger partial charge >= 0.3 is 0 Å². The van der Waals surface area contributed by atoms with Crippen LogP contribution in [0.2, 0.25) is 0 Å². The number of likely N-dealkylation sites (tertiary alicyclic amines) is 1. The summed E-state index contributed by atoms with van der Waals surface area (Å²) in [5, 5.41) is 10.5. The number of amides is 2. The summed E-state index contributed by atoms with van der Waals surface area (Å²) in [5.74, 6) is 5.08. The number of hydrogen-bond acceptors (Lipinski definition) is 4. The molecule has 2 heterocycles. The third-order valence-corrected chi connectivity index (χ3v) is 4.25. The minimum atomic E-state index is -0.339. The lowest BCUT2D eigenvalue weighted by atomic mass is 9.97. The summed E-state index contributed by atoms with van der Waals surface area (Å²) in [7, 11) is 0. The molecule has 1 aliphatic rings. The van der Waals surface area contributed by atoms with Crippen LogP contribution in [0, 0.1) is 17.8 Å². The van der Waals surface area contributed by atoms with Gasteiger partial charge in [0.05, 0.1) is 23.0 Å². The van der Waals surface area contributed by atoms with Gasteiger partial charge in [-0.15, -0.1) is 11.3 Å². The maximum atomic E-state index is 12.4. The molecule has 1 atom stereocenters. The second kappa shape index (κ2) is 7.25. The number of nitrogens with zero attached hydrogens (tertiary/aromatic N) is 1. The highest BCUT2D eigenvalue weighted by Gasteiger charge is 2.27. The van der Waals surface area contributed by atoms with Crippen molar-refractivity contribution in [1.29, 1.82) is 0 Å². The van der Waals surface area contributed by atoms with Crippen LogP contribution in [0.15, 0.2) is 11.4 Å². The maximum absolute atomic E-state index is 12.4. The van der Waals surface area contributed by atoms with Gasteiger partial charge in [-0.3, -0.25) is 9.59 Å². The number of hydrogen-bond donors (Lipinski definition) is 2. The van der Waals surface area contributed by atoms with Crippen LogP contribution in [0.3, 0.4) is 0 Å². The van der Waals surface area contributed by atoms with Crippen LogP contribution in [0.25, 0.3) is 0 Å². The van der Waals surface area contributed by atoms with Crippen LogP contribution >= 0.6 is 11.3 Å². The Morgan fingerprint density at radius 1 is 1.52 bits per heavy atom. The van der Waals surface area contributed by atoms with E-state index in [1.165, 1.54) is 11.3 Å². The summed E-state index contributed by atoms with van der Waals surface area (Å²) in [5.41, 5.74) is 5.92. The molecule has 21 heavy (non-hydrogen) atoms. The lowest BCUT2D eigenvalue weighted by Gasteiger charge is -2.31. The fraction of sp³-hybridized carbons (Fsp3) is 0.467. The van der Waals surface area contributed by atoms with Crippen molar-refractivity contribution in [3.05, 3.63) is 21.9 Å². The molecule has 1 aromatic heterocycles. The molecule has 0 radical (unpaired) electrons. The van der Waals surface area contributed by atoms with E-state index in [1.807, 2.05) is 0 Å². The van der Waals surface area contributed by atoms with Crippen LogP contribution < -0.4 is 5.73 Å². The Balaban J connectivity index is 2.03. The van der Waals surface area contributed by atoms with Crippen molar-refractivity contribution in [2.24, 2.45) is 11.7 Å². The molecular formula is C15H18N2O3S. The van der Waals surface area contributed by atoms with Gasteiger partial charge in [-0.1, -0.05) is 11.8 Å². The number of carbonyl (C=O) groups is 2. The van der Waals surface area contributed by atoms with Gasteiger partial charge < -0.3 is 15.7 Å². The molecule has 112 valence electrons. The molecule has 0 spiro atoms. The molecule has 1 aliphatic heterocycles. The third kappa shape index (κ3) is 4.06. The van der Waals surface area contributed by atoms with Gasteiger partial charge in [-0.25, -0.2) is 0 Å². The quantitative estimate of drug-likeness (QED) is 0.811. The average molecular weight is 306 g/mol. The predicted octanol–water partition coefficient (Wildman–Crippen LogP) is 0.819. The Labute approximate surface area is 127 Å². The summed E-state index contributed by atoms with van der Waals surface area (Å²) in [6.07, 6.45) is 1.97. The molecule has 0 saturated carbocycles. The first kappa shape index (κ1) is 15.5. The maximum Gasteiger partial charge on any atom is 0.254 e. The number of primary amides is 1. The van der Waals surface area contributed by atoms with Crippen molar-refractivity contribution in [2.75, 3.05) is 19.7 Å². The van der Waals surface area contributed by atoms with Gasteiger partial charge in [0.1, 0.15) is 0 Å². The lowest BCUT2D eigenvalue weighted by molar-refractivity contribution is -0.123. The molecule has 0 bridgehead atoms. The van der Waals surface area contributed by atoms with Gasteiger partial charge in [-0.05, 0) is 18.9 Å². The summed E-state index contributed by atoms with van der Waals surface area (Å²) < 4.78 is 0. The number of thiophene rings is 1. The Hall–Kier alpha value is -1.84. The molecule has 2 amide bonds. The highest BCUT2D eigenvalue weighted by Crippen LogP contribution is 2.21. The standard InChI is InChI=1S/C15H18N2O3S/c16-14(19)11-4-3-6-17(9-11)15(20)12-8-13(21-10-12)5-1-2-7-18/h8,10-11,18H,2-4,6-7,9H2,(H2,16,19). The van der Waals surface area contributed by atoms with Crippen LogP contribution in [0.5, 0.6) is 0 Å². The van der Waals surface area contributed by atoms with Crippen LogP contribution in [0.1, 0.15) is 34.5 Å². The van der Waals surface area contributed by atoms with E-state index in [9.17, 15) is 9.59 Å². The van der Waals surface area contributed by atoms with E-state index in [2.05, 4.69) is 11.8 Å². The Bertz CT molecular complexity index is 585. The fourth-order valence-corrected chi connectivity index (χ4v) is 3.04. The number of aliphatic hydroxyl groups is 1. The monoisotopic (exact) mass is 306 g/mol. The van der Waals surface area contributed by atoms with E-state index in [0.717, 1.165) is 17.7 Å². The molecule has 2 rings (SSSR count). The van der Waals surface area contributed by atoms with Crippen LogP contribution in [0.4, 0.5) is 0 Å². The highest BCUT2D eigenvalue weighted by atomic mass is 32.1. The largest absolute Gasteiger partial charge is 0.395 e. The zero-order chi connectivity index (χ0) is 15.2. The van der Waals surface area contributed by atoms with Gasteiger partial charge in [0, 0.05) is 24.9 Å². The number of carbonyl (C=O) groups excluding carboxylic acids is 2. The van der Waals surface area contributed by atoms with Crippen molar-refractivity contribution in [3.8, 4) is 11.8 Å². The van der Waals surface area contributed by atoms with Crippen LogP contribution in [-0.4, -0.2) is 41.5 Å². The van der Waals surface area contributed by atoms with Crippen LogP contribution in [-0.2, 0) is 4.79 Å². The topological polar surface area (TPSA) is 83.6 Å². The van der Waals surface area contributed by atoms with Crippen molar-refractivity contribution in [3.63, 3.8) is 0 Å². The van der Waals surface area contributed by atoms with E-state index in [1.54, 1.807) is 16.3 Å². The normalized spacial score (nSPS) is 18.0. The lowest BCUT2D eigenvalue weighted by Crippen LogP contribution is -2.44.